The second-order valence-corrected chi connectivity index (χ2v) is 7.18. The van der Waals surface area contributed by atoms with Crippen LogP contribution in [0.15, 0.2) is 53.1 Å². The van der Waals surface area contributed by atoms with E-state index in [9.17, 15) is 9.59 Å². The lowest BCUT2D eigenvalue weighted by atomic mass is 10.1. The van der Waals surface area contributed by atoms with Crippen LogP contribution in [-0.4, -0.2) is 53.7 Å². The van der Waals surface area contributed by atoms with Crippen molar-refractivity contribution >= 4 is 22.8 Å². The van der Waals surface area contributed by atoms with Crippen molar-refractivity contribution in [3.05, 3.63) is 54.3 Å². The maximum atomic E-state index is 12.8. The van der Waals surface area contributed by atoms with Gasteiger partial charge in [-0.3, -0.25) is 4.79 Å². The molecule has 2 atom stereocenters. The van der Waals surface area contributed by atoms with E-state index in [0.29, 0.717) is 41.0 Å². The van der Waals surface area contributed by atoms with Gasteiger partial charge in [0.25, 0.3) is 5.91 Å². The SMILES string of the molecule is CC1CN(C(=O)COC(=O)c2cc(-c3ccco3)nc3ccccc23)CC(C)O1. The van der Waals surface area contributed by atoms with E-state index in [1.165, 1.54) is 0 Å². The number of morpholine rings is 1. The van der Waals surface area contributed by atoms with Gasteiger partial charge in [-0.2, -0.15) is 0 Å². The van der Waals surface area contributed by atoms with E-state index >= 15 is 0 Å². The van der Waals surface area contributed by atoms with Crippen LogP contribution in [0, 0.1) is 0 Å². The van der Waals surface area contributed by atoms with Crippen LogP contribution < -0.4 is 0 Å². The minimum Gasteiger partial charge on any atom is -0.463 e. The molecule has 7 nitrogen and oxygen atoms in total. The third-order valence-electron chi connectivity index (χ3n) is 4.81. The zero-order valence-corrected chi connectivity index (χ0v) is 16.3. The predicted molar refractivity (Wildman–Crippen MR) is 106 cm³/mol. The lowest BCUT2D eigenvalue weighted by molar-refractivity contribution is -0.146. The molecule has 1 fully saturated rings. The molecule has 0 spiro atoms. The van der Waals surface area contributed by atoms with Crippen LogP contribution in [0.3, 0.4) is 0 Å². The highest BCUT2D eigenvalue weighted by molar-refractivity contribution is 6.05. The standard InChI is InChI=1S/C22H22N2O5/c1-14-11-24(12-15(2)29-14)21(25)13-28-22(26)17-10-19(20-8-5-9-27-20)23-18-7-4-3-6-16(17)18/h3-10,14-15H,11-13H2,1-2H3. The normalized spacial score (nSPS) is 19.3. The summed E-state index contributed by atoms with van der Waals surface area (Å²) in [6.07, 6.45) is 1.46. The molecule has 0 aliphatic carbocycles. The first kappa shape index (κ1) is 19.1. The summed E-state index contributed by atoms with van der Waals surface area (Å²) in [6.45, 7) is 4.50. The average molecular weight is 394 g/mol. The zero-order chi connectivity index (χ0) is 20.4. The molecule has 0 N–H and O–H groups in total. The molecule has 150 valence electrons. The van der Waals surface area contributed by atoms with E-state index in [2.05, 4.69) is 4.98 Å². The van der Waals surface area contributed by atoms with Crippen LogP contribution in [0.2, 0.25) is 0 Å². The summed E-state index contributed by atoms with van der Waals surface area (Å²) in [5.41, 5.74) is 1.52. The van der Waals surface area contributed by atoms with Crippen LogP contribution in [0.4, 0.5) is 0 Å². The van der Waals surface area contributed by atoms with Crippen molar-refractivity contribution in [1.82, 2.24) is 9.88 Å². The Morgan fingerprint density at radius 1 is 1.14 bits per heavy atom. The third-order valence-corrected chi connectivity index (χ3v) is 4.81. The molecule has 3 heterocycles. The number of ether oxygens (including phenoxy) is 2. The minimum absolute atomic E-state index is 0.0432. The number of hydrogen-bond donors (Lipinski definition) is 0. The molecule has 2 unspecified atom stereocenters. The highest BCUT2D eigenvalue weighted by atomic mass is 16.5. The fourth-order valence-corrected chi connectivity index (χ4v) is 3.57. The fourth-order valence-electron chi connectivity index (χ4n) is 3.57. The highest BCUT2D eigenvalue weighted by Crippen LogP contribution is 2.25. The largest absolute Gasteiger partial charge is 0.463 e. The molecular weight excluding hydrogens is 372 g/mol. The molecule has 1 aliphatic rings. The number of benzene rings is 1. The Balaban J connectivity index is 1.54. The summed E-state index contributed by atoms with van der Waals surface area (Å²) in [6, 6.07) is 12.5. The van der Waals surface area contributed by atoms with Crippen LogP contribution in [0.5, 0.6) is 0 Å². The van der Waals surface area contributed by atoms with Gasteiger partial charge in [-0.05, 0) is 38.1 Å². The molecule has 4 rings (SSSR count). The summed E-state index contributed by atoms with van der Waals surface area (Å²) in [5.74, 6) is -0.249. The molecule has 1 amide bonds. The first-order valence-electron chi connectivity index (χ1n) is 9.55. The lowest BCUT2D eigenvalue weighted by Crippen LogP contribution is -2.49. The van der Waals surface area contributed by atoms with E-state index < -0.39 is 5.97 Å². The number of rotatable bonds is 4. The Labute approximate surface area is 168 Å². The number of nitrogens with zero attached hydrogens (tertiary/aromatic N) is 2. The van der Waals surface area contributed by atoms with Gasteiger partial charge in [-0.25, -0.2) is 9.78 Å². The molecular formula is C22H22N2O5. The molecule has 0 bridgehead atoms. The summed E-state index contributed by atoms with van der Waals surface area (Å²) in [4.78, 5) is 31.6. The number of amides is 1. The summed E-state index contributed by atoms with van der Waals surface area (Å²) in [5, 5.41) is 0.661. The van der Waals surface area contributed by atoms with Crippen molar-refractivity contribution in [2.24, 2.45) is 0 Å². The monoisotopic (exact) mass is 394 g/mol. The minimum atomic E-state index is -0.570. The van der Waals surface area contributed by atoms with Gasteiger partial charge in [0.05, 0.1) is 29.6 Å². The number of esters is 1. The van der Waals surface area contributed by atoms with Gasteiger partial charge in [0.15, 0.2) is 12.4 Å². The van der Waals surface area contributed by atoms with E-state index in [1.807, 2.05) is 32.0 Å². The van der Waals surface area contributed by atoms with Gasteiger partial charge < -0.3 is 18.8 Å². The summed E-state index contributed by atoms with van der Waals surface area (Å²) in [7, 11) is 0. The number of para-hydroxylation sites is 1. The topological polar surface area (TPSA) is 81.9 Å². The number of fused-ring (bicyclic) bond motifs is 1. The second-order valence-electron chi connectivity index (χ2n) is 7.18. The molecule has 1 aliphatic heterocycles. The van der Waals surface area contributed by atoms with E-state index in [-0.39, 0.29) is 24.7 Å². The van der Waals surface area contributed by atoms with Crippen molar-refractivity contribution in [2.45, 2.75) is 26.1 Å². The lowest BCUT2D eigenvalue weighted by Gasteiger charge is -2.35. The molecule has 0 saturated carbocycles. The van der Waals surface area contributed by atoms with Gasteiger partial charge in [0.2, 0.25) is 0 Å². The Hall–Kier alpha value is -3.19. The van der Waals surface area contributed by atoms with Crippen molar-refractivity contribution in [3.8, 4) is 11.5 Å². The summed E-state index contributed by atoms with van der Waals surface area (Å²) < 4.78 is 16.4. The van der Waals surface area contributed by atoms with Crippen molar-refractivity contribution < 1.29 is 23.5 Å². The number of carbonyl (C=O) groups is 2. The van der Waals surface area contributed by atoms with Crippen molar-refractivity contribution in [1.29, 1.82) is 0 Å². The Morgan fingerprint density at radius 2 is 1.90 bits per heavy atom. The molecule has 7 heteroatoms. The number of furan rings is 1. The Kier molecular flexibility index (Phi) is 5.31. The maximum Gasteiger partial charge on any atom is 0.339 e. The van der Waals surface area contributed by atoms with Gasteiger partial charge >= 0.3 is 5.97 Å². The number of pyridine rings is 1. The van der Waals surface area contributed by atoms with Gasteiger partial charge in [-0.15, -0.1) is 0 Å². The van der Waals surface area contributed by atoms with Gasteiger partial charge in [-0.1, -0.05) is 18.2 Å². The quantitative estimate of drug-likeness (QED) is 0.632. The Bertz CT molecular complexity index is 1020. The van der Waals surface area contributed by atoms with Gasteiger partial charge in [0, 0.05) is 18.5 Å². The maximum absolute atomic E-state index is 12.8. The van der Waals surface area contributed by atoms with Gasteiger partial charge in [0.1, 0.15) is 5.69 Å². The molecule has 1 saturated heterocycles. The van der Waals surface area contributed by atoms with Crippen LogP contribution in [0.1, 0.15) is 24.2 Å². The molecule has 29 heavy (non-hydrogen) atoms. The van der Waals surface area contributed by atoms with Crippen LogP contribution in [0.25, 0.3) is 22.4 Å². The van der Waals surface area contributed by atoms with Crippen molar-refractivity contribution in [3.63, 3.8) is 0 Å². The summed E-state index contributed by atoms with van der Waals surface area (Å²) >= 11 is 0. The fraction of sp³-hybridized carbons (Fsp3) is 0.318. The second kappa shape index (κ2) is 8.05. The third kappa shape index (κ3) is 4.14. The van der Waals surface area contributed by atoms with E-state index in [1.54, 1.807) is 35.4 Å². The molecule has 1 aromatic carbocycles. The molecule has 2 aromatic heterocycles. The number of carbonyl (C=O) groups excluding carboxylic acids is 2. The molecule has 0 radical (unpaired) electrons. The number of hydrogen-bond acceptors (Lipinski definition) is 6. The van der Waals surface area contributed by atoms with Crippen LogP contribution in [-0.2, 0) is 14.3 Å². The highest BCUT2D eigenvalue weighted by Gasteiger charge is 2.27. The zero-order valence-electron chi connectivity index (χ0n) is 16.3. The smallest absolute Gasteiger partial charge is 0.339 e. The Morgan fingerprint density at radius 3 is 2.62 bits per heavy atom. The van der Waals surface area contributed by atoms with E-state index in [0.717, 1.165) is 0 Å². The van der Waals surface area contributed by atoms with Crippen LogP contribution >= 0.6 is 0 Å². The average Bonchev–Trinajstić information content (AvgIpc) is 3.25. The first-order valence-corrected chi connectivity index (χ1v) is 9.55. The van der Waals surface area contributed by atoms with E-state index in [4.69, 9.17) is 13.9 Å². The number of aromatic nitrogens is 1. The van der Waals surface area contributed by atoms with Crippen molar-refractivity contribution in [2.75, 3.05) is 19.7 Å². The first-order chi connectivity index (χ1) is 14.0. The predicted octanol–water partition coefficient (Wildman–Crippen LogP) is 3.29. The molecule has 3 aromatic rings.